The number of hydrogen-bond donors (Lipinski definition) is 7. The fourth-order valence-electron chi connectivity index (χ4n) is 4.92. The molecular formula is C37H44FN5O10. The van der Waals surface area contributed by atoms with E-state index >= 15 is 0 Å². The smallest absolute Gasteiger partial charge is 0.326 e. The summed E-state index contributed by atoms with van der Waals surface area (Å²) in [7, 11) is 0. The molecule has 0 fully saturated rings. The highest BCUT2D eigenvalue weighted by molar-refractivity contribution is 5.97. The molecule has 0 saturated heterocycles. The minimum absolute atomic E-state index is 0.0846. The Morgan fingerprint density at radius 1 is 0.698 bits per heavy atom. The summed E-state index contributed by atoms with van der Waals surface area (Å²) < 4.78 is 23.0. The summed E-state index contributed by atoms with van der Waals surface area (Å²) in [5, 5.41) is 28.8. The monoisotopic (exact) mass is 737 g/mol. The van der Waals surface area contributed by atoms with E-state index in [0.29, 0.717) is 29.9 Å². The van der Waals surface area contributed by atoms with Gasteiger partial charge in [0.05, 0.1) is 6.54 Å². The first-order valence-corrected chi connectivity index (χ1v) is 16.9. The largest absolute Gasteiger partial charge is 0.491 e. The molecule has 16 heteroatoms. The molecule has 1 unspecified atom stereocenters. The number of nitrogens with two attached hydrogens (primary N) is 1. The maximum absolute atomic E-state index is 13.0. The molecule has 3 aromatic rings. The summed E-state index contributed by atoms with van der Waals surface area (Å²) in [6.07, 6.45) is 1.41. The van der Waals surface area contributed by atoms with Gasteiger partial charge < -0.3 is 46.7 Å². The van der Waals surface area contributed by atoms with Crippen molar-refractivity contribution in [2.75, 3.05) is 33.0 Å². The van der Waals surface area contributed by atoms with Gasteiger partial charge in [0.15, 0.2) is 6.61 Å². The molecule has 3 rings (SSSR count). The molecule has 0 saturated carbocycles. The Morgan fingerprint density at radius 3 is 1.94 bits per heavy atom. The van der Waals surface area contributed by atoms with Crippen LogP contribution in [0.5, 0.6) is 11.5 Å². The van der Waals surface area contributed by atoms with Crippen LogP contribution in [0.15, 0.2) is 78.9 Å². The predicted molar refractivity (Wildman–Crippen MR) is 190 cm³/mol. The average Bonchev–Trinajstić information content (AvgIpc) is 3.15. The molecule has 15 nitrogen and oxygen atoms in total. The van der Waals surface area contributed by atoms with Gasteiger partial charge in [0, 0.05) is 24.9 Å². The number of ether oxygens (including phenoxy) is 2. The molecular weight excluding hydrogens is 693 g/mol. The number of hydrogen-bond acceptors (Lipinski definition) is 9. The minimum Gasteiger partial charge on any atom is -0.491 e. The van der Waals surface area contributed by atoms with E-state index in [1.54, 1.807) is 12.1 Å². The second-order valence-electron chi connectivity index (χ2n) is 11.9. The summed E-state index contributed by atoms with van der Waals surface area (Å²) in [5.74, 6) is -3.97. The molecule has 0 aliphatic carbocycles. The highest BCUT2D eigenvalue weighted by Crippen LogP contribution is 2.15. The van der Waals surface area contributed by atoms with Crippen molar-refractivity contribution in [3.63, 3.8) is 0 Å². The van der Waals surface area contributed by atoms with Crippen LogP contribution in [0.4, 0.5) is 4.39 Å². The number of carboxylic acids is 2. The predicted octanol–water partition coefficient (Wildman–Crippen LogP) is 1.38. The number of carbonyl (C=O) groups is 6. The van der Waals surface area contributed by atoms with Crippen LogP contribution in [-0.4, -0.2) is 96.9 Å². The normalized spacial score (nSPS) is 12.3. The van der Waals surface area contributed by atoms with Crippen molar-refractivity contribution in [3.05, 3.63) is 95.6 Å². The molecule has 8 N–H and O–H groups in total. The topological polar surface area (TPSA) is 235 Å². The van der Waals surface area contributed by atoms with Gasteiger partial charge in [0.25, 0.3) is 11.8 Å². The van der Waals surface area contributed by atoms with Crippen LogP contribution >= 0.6 is 0 Å². The number of carbonyl (C=O) groups excluding carboxylic acids is 4. The number of rotatable bonds is 23. The Labute approximate surface area is 305 Å². The lowest BCUT2D eigenvalue weighted by Crippen LogP contribution is -2.49. The third-order valence-electron chi connectivity index (χ3n) is 7.73. The third-order valence-corrected chi connectivity index (χ3v) is 7.73. The van der Waals surface area contributed by atoms with Crippen molar-refractivity contribution in [3.8, 4) is 11.5 Å². The van der Waals surface area contributed by atoms with Gasteiger partial charge in [0.2, 0.25) is 11.8 Å². The van der Waals surface area contributed by atoms with Crippen LogP contribution in [-0.2, 0) is 36.8 Å². The molecule has 53 heavy (non-hydrogen) atoms. The van der Waals surface area contributed by atoms with E-state index in [4.69, 9.17) is 20.3 Å². The summed E-state index contributed by atoms with van der Waals surface area (Å²) in [6, 6.07) is 18.0. The lowest BCUT2D eigenvalue weighted by molar-refractivity contribution is -0.141. The van der Waals surface area contributed by atoms with Gasteiger partial charge >= 0.3 is 11.9 Å². The number of nitrogens with one attached hydrogen (secondary N) is 4. The number of amides is 4. The van der Waals surface area contributed by atoms with E-state index in [1.165, 1.54) is 36.4 Å². The van der Waals surface area contributed by atoms with Gasteiger partial charge in [-0.3, -0.25) is 24.0 Å². The van der Waals surface area contributed by atoms with Crippen molar-refractivity contribution < 1.29 is 52.8 Å². The van der Waals surface area contributed by atoms with Crippen molar-refractivity contribution in [2.45, 2.75) is 50.2 Å². The Morgan fingerprint density at radius 2 is 1.30 bits per heavy atom. The molecule has 4 amide bonds. The van der Waals surface area contributed by atoms with E-state index in [1.807, 2.05) is 30.3 Å². The van der Waals surface area contributed by atoms with Gasteiger partial charge in [-0.15, -0.1) is 0 Å². The first-order valence-electron chi connectivity index (χ1n) is 16.9. The van der Waals surface area contributed by atoms with Gasteiger partial charge in [0.1, 0.15) is 42.9 Å². The van der Waals surface area contributed by atoms with Gasteiger partial charge in [-0.1, -0.05) is 42.5 Å². The number of aliphatic carboxylic acids is 2. The van der Waals surface area contributed by atoms with Gasteiger partial charge in [-0.05, 0) is 66.8 Å². The van der Waals surface area contributed by atoms with Crippen LogP contribution in [0, 0.1) is 0 Å². The molecule has 0 spiro atoms. The fraction of sp³-hybridized carbons (Fsp3) is 0.351. The van der Waals surface area contributed by atoms with E-state index < -0.39 is 73.5 Å². The Hall–Kier alpha value is -6.03. The van der Waals surface area contributed by atoms with Crippen LogP contribution in [0.25, 0.3) is 0 Å². The van der Waals surface area contributed by atoms with Crippen LogP contribution in [0.3, 0.4) is 0 Å². The summed E-state index contributed by atoms with van der Waals surface area (Å²) >= 11 is 0. The number of carboxylic acid groups (broad SMARTS) is 2. The van der Waals surface area contributed by atoms with E-state index in [2.05, 4.69) is 21.3 Å². The van der Waals surface area contributed by atoms with E-state index in [0.717, 1.165) is 5.56 Å². The van der Waals surface area contributed by atoms with Crippen molar-refractivity contribution in [1.29, 1.82) is 0 Å². The standard InChI is InChI=1S/C37H44FN5O10/c38-17-19-52-27-15-11-26(12-16-27)34(46)41-22-32(44)43-31(37(50)51)21-25-9-13-28(14-10-25)53-23-33(45)42-30(20-24-6-2-1-3-7-24)35(47)40-18-5-4-8-29(39)36(48)49/h1-3,6-7,9-16,29-31H,4-5,8,17-23,39H2,(H,40,47)(H,41,46)(H,42,45)(H,43,44)(H,48,49)(H,50,51)/t29?,30-,31-/m0/s1. The Kier molecular flexibility index (Phi) is 17.2. The fourth-order valence-corrected chi connectivity index (χ4v) is 4.92. The van der Waals surface area contributed by atoms with Crippen molar-refractivity contribution >= 4 is 35.6 Å². The molecule has 0 aromatic heterocycles. The lowest BCUT2D eigenvalue weighted by atomic mass is 10.0. The van der Waals surface area contributed by atoms with E-state index in [-0.39, 0.29) is 38.0 Å². The third kappa shape index (κ3) is 15.4. The number of alkyl halides is 1. The second-order valence-corrected chi connectivity index (χ2v) is 11.9. The maximum Gasteiger partial charge on any atom is 0.326 e. The average molecular weight is 738 g/mol. The molecule has 284 valence electrons. The molecule has 0 aliphatic rings. The van der Waals surface area contributed by atoms with Gasteiger partial charge in [-0.25, -0.2) is 9.18 Å². The number of halogens is 1. The number of benzene rings is 3. The summed E-state index contributed by atoms with van der Waals surface area (Å²) in [6.45, 7) is -1.40. The zero-order valence-electron chi connectivity index (χ0n) is 28.9. The minimum atomic E-state index is -1.31. The molecule has 0 heterocycles. The van der Waals surface area contributed by atoms with Crippen LogP contribution in [0.2, 0.25) is 0 Å². The first-order chi connectivity index (χ1) is 25.4. The van der Waals surface area contributed by atoms with Crippen molar-refractivity contribution in [1.82, 2.24) is 21.3 Å². The lowest BCUT2D eigenvalue weighted by Gasteiger charge is -2.19. The highest BCUT2D eigenvalue weighted by Gasteiger charge is 2.23. The second kappa shape index (κ2) is 22.0. The molecule has 0 aliphatic heterocycles. The summed E-state index contributed by atoms with van der Waals surface area (Å²) in [5.41, 5.74) is 7.10. The highest BCUT2D eigenvalue weighted by atomic mass is 19.1. The quantitative estimate of drug-likeness (QED) is 0.0687. The van der Waals surface area contributed by atoms with Crippen LogP contribution in [0.1, 0.15) is 40.7 Å². The van der Waals surface area contributed by atoms with Gasteiger partial charge in [-0.2, -0.15) is 0 Å². The SMILES string of the molecule is NC(CCCCNC(=O)[C@H](Cc1ccccc1)NC(=O)COc1ccc(C[C@H](NC(=O)CNC(=O)c2ccc(OCCF)cc2)C(=O)O)cc1)C(=O)O. The summed E-state index contributed by atoms with van der Waals surface area (Å²) in [4.78, 5) is 73.4. The maximum atomic E-state index is 13.0. The molecule has 0 bridgehead atoms. The molecule has 3 aromatic carbocycles. The zero-order chi connectivity index (χ0) is 38.6. The van der Waals surface area contributed by atoms with Crippen molar-refractivity contribution in [2.24, 2.45) is 5.73 Å². The molecule has 3 atom stereocenters. The Balaban J connectivity index is 1.47. The van der Waals surface area contributed by atoms with E-state index in [9.17, 15) is 38.3 Å². The first kappa shape index (κ1) is 41.4. The zero-order valence-corrected chi connectivity index (χ0v) is 28.9. The van der Waals surface area contributed by atoms with Crippen LogP contribution < -0.4 is 36.5 Å². The molecule has 0 radical (unpaired) electrons. The Bertz CT molecular complexity index is 1660. The number of unbranched alkanes of at least 4 members (excludes halogenated alkanes) is 1.